The van der Waals surface area contributed by atoms with Crippen molar-refractivity contribution in [2.75, 3.05) is 23.3 Å². The van der Waals surface area contributed by atoms with Gasteiger partial charge in [-0.25, -0.2) is 13.8 Å². The van der Waals surface area contributed by atoms with Crippen LogP contribution in [0, 0.1) is 0 Å². The maximum absolute atomic E-state index is 13.9. The molecule has 142 valence electrons. The molecule has 0 unspecified atom stereocenters. The smallest absolute Gasteiger partial charge is 0.275 e. The molecule has 2 bridgehead atoms. The van der Waals surface area contributed by atoms with Crippen LogP contribution in [0.4, 0.5) is 26.2 Å². The van der Waals surface area contributed by atoms with Gasteiger partial charge in [0.25, 0.3) is 5.92 Å². The molecule has 3 fully saturated rings. The fraction of sp³-hybridized carbons (Fsp3) is 0.529. The molecular weight excluding hydrogens is 356 g/mol. The van der Waals surface area contributed by atoms with Gasteiger partial charge in [0, 0.05) is 44.0 Å². The topological polar surface area (TPSA) is 90.0 Å². The normalized spacial score (nSPS) is 31.7. The van der Waals surface area contributed by atoms with E-state index in [-0.39, 0.29) is 18.5 Å². The minimum absolute atomic E-state index is 0.0671. The largest absolute Gasteiger partial charge is 0.353 e. The van der Waals surface area contributed by atoms with Crippen LogP contribution in [0.2, 0.25) is 0 Å². The van der Waals surface area contributed by atoms with Gasteiger partial charge in [-0.05, 0) is 18.9 Å². The Morgan fingerprint density at radius 3 is 2.63 bits per heavy atom. The first-order valence-corrected chi connectivity index (χ1v) is 8.99. The lowest BCUT2D eigenvalue weighted by Gasteiger charge is -2.44. The van der Waals surface area contributed by atoms with Gasteiger partial charge < -0.3 is 15.0 Å². The third kappa shape index (κ3) is 2.50. The van der Waals surface area contributed by atoms with Crippen LogP contribution < -0.4 is 10.2 Å². The number of halogens is 2. The van der Waals surface area contributed by atoms with Crippen molar-refractivity contribution in [1.82, 2.24) is 25.1 Å². The van der Waals surface area contributed by atoms with Crippen molar-refractivity contribution in [3.05, 3.63) is 24.7 Å². The van der Waals surface area contributed by atoms with Gasteiger partial charge in [0.2, 0.25) is 5.95 Å². The van der Waals surface area contributed by atoms with Crippen LogP contribution in [0.1, 0.15) is 19.3 Å². The number of nitrogens with one attached hydrogen (secondary N) is 2. The van der Waals surface area contributed by atoms with E-state index in [9.17, 15) is 13.6 Å². The molecule has 0 radical (unpaired) electrons. The van der Waals surface area contributed by atoms with Crippen molar-refractivity contribution in [3.63, 3.8) is 0 Å². The zero-order chi connectivity index (χ0) is 18.6. The average Bonchev–Trinajstić information content (AvgIpc) is 2.95. The first-order chi connectivity index (χ1) is 13.0. The number of nitrogens with zero attached hydrogens (tertiary/aromatic N) is 5. The number of carbonyl (C=O) groups is 1. The SMILES string of the molecule is O=C[C@@]1(N2[C@@H]3CC[C@H]2CN(c2ccnc(Nc4cn[nH]c4)n2)C3)CC1(F)F. The van der Waals surface area contributed by atoms with Crippen LogP contribution in [0.5, 0.6) is 0 Å². The van der Waals surface area contributed by atoms with E-state index in [1.165, 1.54) is 0 Å². The molecule has 0 amide bonds. The van der Waals surface area contributed by atoms with Gasteiger partial charge in [0.1, 0.15) is 17.6 Å². The summed E-state index contributed by atoms with van der Waals surface area (Å²) >= 11 is 0. The third-order valence-electron chi connectivity index (χ3n) is 5.86. The molecule has 4 heterocycles. The predicted molar refractivity (Wildman–Crippen MR) is 93.1 cm³/mol. The van der Waals surface area contributed by atoms with Crippen LogP contribution in [-0.2, 0) is 4.79 Å². The summed E-state index contributed by atoms with van der Waals surface area (Å²) in [5.41, 5.74) is -0.842. The zero-order valence-corrected chi connectivity index (χ0v) is 14.5. The van der Waals surface area contributed by atoms with Crippen molar-refractivity contribution < 1.29 is 13.6 Å². The number of fused-ring (bicyclic) bond motifs is 2. The molecule has 3 aliphatic rings. The molecule has 1 aliphatic carbocycles. The molecule has 1 saturated carbocycles. The zero-order valence-electron chi connectivity index (χ0n) is 14.5. The number of alkyl halides is 2. The van der Waals surface area contributed by atoms with Crippen molar-refractivity contribution >= 4 is 23.7 Å². The monoisotopic (exact) mass is 375 g/mol. The van der Waals surface area contributed by atoms with Crippen molar-refractivity contribution in [2.45, 2.75) is 42.8 Å². The van der Waals surface area contributed by atoms with E-state index in [1.54, 1.807) is 23.5 Å². The Morgan fingerprint density at radius 2 is 2.04 bits per heavy atom. The van der Waals surface area contributed by atoms with E-state index >= 15 is 0 Å². The summed E-state index contributed by atoms with van der Waals surface area (Å²) in [6.45, 7) is 1.15. The molecule has 5 rings (SSSR count). The van der Waals surface area contributed by atoms with Crippen LogP contribution >= 0.6 is 0 Å². The van der Waals surface area contributed by atoms with Gasteiger partial charge in [-0.1, -0.05) is 0 Å². The highest BCUT2D eigenvalue weighted by atomic mass is 19.3. The molecule has 2 saturated heterocycles. The third-order valence-corrected chi connectivity index (χ3v) is 5.86. The van der Waals surface area contributed by atoms with Gasteiger partial charge in [0.15, 0.2) is 0 Å². The molecule has 2 aromatic rings. The lowest BCUT2D eigenvalue weighted by molar-refractivity contribution is -0.120. The second-order valence-corrected chi connectivity index (χ2v) is 7.47. The van der Waals surface area contributed by atoms with E-state index in [1.807, 2.05) is 6.07 Å². The Bertz CT molecular complexity index is 847. The fourth-order valence-electron chi connectivity index (χ4n) is 4.54. The summed E-state index contributed by atoms with van der Waals surface area (Å²) in [5.74, 6) is -1.72. The van der Waals surface area contributed by atoms with Gasteiger partial charge in [-0.15, -0.1) is 0 Å². The number of aromatic amines is 1. The molecule has 10 heteroatoms. The number of aromatic nitrogens is 4. The summed E-state index contributed by atoms with van der Waals surface area (Å²) in [5, 5.41) is 9.64. The Morgan fingerprint density at radius 1 is 1.30 bits per heavy atom. The highest BCUT2D eigenvalue weighted by molar-refractivity contribution is 5.73. The average molecular weight is 375 g/mol. The van der Waals surface area contributed by atoms with Crippen LogP contribution in [0.25, 0.3) is 0 Å². The summed E-state index contributed by atoms with van der Waals surface area (Å²) in [6, 6.07) is 1.68. The van der Waals surface area contributed by atoms with Gasteiger partial charge in [-0.3, -0.25) is 10.00 Å². The number of aldehydes is 1. The van der Waals surface area contributed by atoms with E-state index in [0.717, 1.165) is 24.3 Å². The van der Waals surface area contributed by atoms with E-state index in [4.69, 9.17) is 0 Å². The minimum atomic E-state index is -2.91. The molecule has 0 spiro atoms. The molecular formula is C17H19F2N7O. The summed E-state index contributed by atoms with van der Waals surface area (Å²) < 4.78 is 27.9. The highest BCUT2D eigenvalue weighted by Gasteiger charge is 2.77. The maximum Gasteiger partial charge on any atom is 0.275 e. The minimum Gasteiger partial charge on any atom is -0.353 e. The summed E-state index contributed by atoms with van der Waals surface area (Å²) in [6.07, 6.45) is 6.74. The number of hydrogen-bond donors (Lipinski definition) is 2. The van der Waals surface area contributed by atoms with Crippen LogP contribution in [-0.4, -0.2) is 68.0 Å². The van der Waals surface area contributed by atoms with Crippen LogP contribution in [0.3, 0.4) is 0 Å². The Labute approximate surface area is 154 Å². The first kappa shape index (κ1) is 16.5. The second kappa shape index (κ2) is 5.69. The number of rotatable bonds is 5. The predicted octanol–water partition coefficient (Wildman–Crippen LogP) is 1.57. The Kier molecular flexibility index (Phi) is 3.48. The van der Waals surface area contributed by atoms with Crippen LogP contribution in [0.15, 0.2) is 24.7 Å². The number of piperazine rings is 1. The lowest BCUT2D eigenvalue weighted by atomic mass is 10.1. The summed E-state index contributed by atoms with van der Waals surface area (Å²) in [4.78, 5) is 24.1. The van der Waals surface area contributed by atoms with Gasteiger partial charge in [0.05, 0.1) is 11.9 Å². The maximum atomic E-state index is 13.9. The quantitative estimate of drug-likeness (QED) is 0.767. The number of hydrogen-bond acceptors (Lipinski definition) is 7. The molecule has 0 aromatic carbocycles. The molecule has 2 N–H and O–H groups in total. The standard InChI is InChI=1S/C17H19F2N7O/c18-17(19)9-16(17,10-27)26-12-1-2-13(26)8-25(7-12)14-3-4-20-15(24-14)23-11-5-21-22-6-11/h3-6,10,12-13H,1-2,7-9H2,(H,21,22)(H,20,23,24)/t12-,13+,16-/m0/s1. The highest BCUT2D eigenvalue weighted by Crippen LogP contribution is 2.59. The summed E-state index contributed by atoms with van der Waals surface area (Å²) in [7, 11) is 0. The Balaban J connectivity index is 1.35. The molecule has 2 aromatic heterocycles. The molecule has 2 aliphatic heterocycles. The van der Waals surface area contributed by atoms with Crippen molar-refractivity contribution in [3.8, 4) is 0 Å². The number of anilines is 3. The molecule has 8 nitrogen and oxygen atoms in total. The second-order valence-electron chi connectivity index (χ2n) is 7.47. The van der Waals surface area contributed by atoms with Crippen molar-refractivity contribution in [1.29, 1.82) is 0 Å². The van der Waals surface area contributed by atoms with Gasteiger partial charge >= 0.3 is 0 Å². The lowest BCUT2D eigenvalue weighted by Crippen LogP contribution is -2.60. The van der Waals surface area contributed by atoms with Gasteiger partial charge in [-0.2, -0.15) is 10.1 Å². The molecule has 27 heavy (non-hydrogen) atoms. The fourth-order valence-corrected chi connectivity index (χ4v) is 4.54. The number of H-pyrrole nitrogens is 1. The van der Waals surface area contributed by atoms with E-state index in [2.05, 4.69) is 30.4 Å². The number of carbonyl (C=O) groups excluding carboxylic acids is 1. The molecule has 3 atom stereocenters. The van der Waals surface area contributed by atoms with E-state index < -0.39 is 11.5 Å². The van der Waals surface area contributed by atoms with E-state index in [0.29, 0.717) is 25.3 Å². The first-order valence-electron chi connectivity index (χ1n) is 8.99. The Hall–Kier alpha value is -2.62. The van der Waals surface area contributed by atoms with Crippen molar-refractivity contribution in [2.24, 2.45) is 0 Å².